The van der Waals surface area contributed by atoms with Crippen LogP contribution in [0.5, 0.6) is 0 Å². The maximum absolute atomic E-state index is 14.1. The molecule has 0 amide bonds. The quantitative estimate of drug-likeness (QED) is 0.806. The van der Waals surface area contributed by atoms with Gasteiger partial charge in [0.1, 0.15) is 5.67 Å². The predicted octanol–water partition coefficient (Wildman–Crippen LogP) is 2.81. The lowest BCUT2D eigenvalue weighted by molar-refractivity contribution is 0.0695. The van der Waals surface area contributed by atoms with E-state index < -0.39 is 5.67 Å². The zero-order valence-electron chi connectivity index (χ0n) is 9.51. The van der Waals surface area contributed by atoms with Gasteiger partial charge in [-0.2, -0.15) is 0 Å². The molecule has 0 saturated carbocycles. The fourth-order valence-corrected chi connectivity index (χ4v) is 3.05. The summed E-state index contributed by atoms with van der Waals surface area (Å²) in [6, 6.07) is 8.57. The largest absolute Gasteiger partial charge is 0.310 e. The zero-order chi connectivity index (χ0) is 11.0. The third-order valence-electron chi connectivity index (χ3n) is 3.99. The van der Waals surface area contributed by atoms with Gasteiger partial charge in [-0.15, -0.1) is 0 Å². The number of fused-ring (bicyclic) bond motifs is 1. The third kappa shape index (κ3) is 1.75. The Hall–Kier alpha value is -0.890. The highest BCUT2D eigenvalue weighted by molar-refractivity contribution is 5.33. The van der Waals surface area contributed by atoms with E-state index in [0.717, 1.165) is 6.42 Å². The number of alkyl halides is 1. The summed E-state index contributed by atoms with van der Waals surface area (Å²) in [5.41, 5.74) is 1.90. The first-order valence-electron chi connectivity index (χ1n) is 6.24. The number of benzene rings is 1. The summed E-state index contributed by atoms with van der Waals surface area (Å²) in [6.45, 7) is 1.09. The van der Waals surface area contributed by atoms with Crippen molar-refractivity contribution in [1.82, 2.24) is 5.32 Å². The zero-order valence-corrected chi connectivity index (χ0v) is 9.51. The van der Waals surface area contributed by atoms with Crippen LogP contribution in [0.2, 0.25) is 0 Å². The molecular formula is C14H18FN. The van der Waals surface area contributed by atoms with Crippen molar-refractivity contribution in [2.24, 2.45) is 0 Å². The van der Waals surface area contributed by atoms with Crippen LogP contribution in [0.15, 0.2) is 24.3 Å². The Morgan fingerprint density at radius 2 is 2.12 bits per heavy atom. The van der Waals surface area contributed by atoms with Crippen molar-refractivity contribution < 1.29 is 4.39 Å². The van der Waals surface area contributed by atoms with Crippen molar-refractivity contribution in [3.05, 3.63) is 35.4 Å². The Kier molecular flexibility index (Phi) is 2.47. The number of hydrogen-bond acceptors (Lipinski definition) is 1. The molecule has 2 heteroatoms. The van der Waals surface area contributed by atoms with Gasteiger partial charge < -0.3 is 5.32 Å². The maximum atomic E-state index is 14.1. The number of rotatable bonds is 2. The molecule has 16 heavy (non-hydrogen) atoms. The van der Waals surface area contributed by atoms with Crippen LogP contribution in [-0.2, 0) is 6.42 Å². The summed E-state index contributed by atoms with van der Waals surface area (Å²) in [4.78, 5) is 0. The SMILES string of the molecule is FC1(CC2CCCc3ccccc32)CNC1. The summed E-state index contributed by atoms with van der Waals surface area (Å²) in [6.07, 6.45) is 4.25. The molecule has 0 radical (unpaired) electrons. The average molecular weight is 219 g/mol. The van der Waals surface area contributed by atoms with E-state index in [9.17, 15) is 4.39 Å². The van der Waals surface area contributed by atoms with E-state index in [1.807, 2.05) is 0 Å². The molecule has 1 N–H and O–H groups in total. The molecule has 1 nitrogen and oxygen atoms in total. The highest BCUT2D eigenvalue weighted by atomic mass is 19.1. The van der Waals surface area contributed by atoms with Crippen molar-refractivity contribution in [2.45, 2.75) is 37.3 Å². The Morgan fingerprint density at radius 1 is 1.31 bits per heavy atom. The summed E-state index contributed by atoms with van der Waals surface area (Å²) in [5, 5.41) is 3.04. The highest BCUT2D eigenvalue weighted by Gasteiger charge is 2.40. The first-order chi connectivity index (χ1) is 7.77. The predicted molar refractivity (Wildman–Crippen MR) is 63.4 cm³/mol. The molecule has 1 aliphatic heterocycles. The number of aryl methyl sites for hydroxylation is 1. The lowest BCUT2D eigenvalue weighted by Gasteiger charge is -2.39. The van der Waals surface area contributed by atoms with Crippen LogP contribution in [0.1, 0.15) is 36.3 Å². The molecule has 1 aromatic rings. The molecular weight excluding hydrogens is 201 g/mol. The Bertz CT molecular complexity index is 384. The van der Waals surface area contributed by atoms with Crippen LogP contribution in [0.4, 0.5) is 4.39 Å². The Labute approximate surface area is 96.1 Å². The molecule has 1 aromatic carbocycles. The van der Waals surface area contributed by atoms with E-state index in [0.29, 0.717) is 25.4 Å². The fourth-order valence-electron chi connectivity index (χ4n) is 3.05. The van der Waals surface area contributed by atoms with Gasteiger partial charge in [0.05, 0.1) is 0 Å². The fraction of sp³-hybridized carbons (Fsp3) is 0.571. The second kappa shape index (κ2) is 3.85. The smallest absolute Gasteiger partial charge is 0.136 e. The van der Waals surface area contributed by atoms with Crippen molar-refractivity contribution >= 4 is 0 Å². The van der Waals surface area contributed by atoms with Crippen molar-refractivity contribution in [2.75, 3.05) is 13.1 Å². The van der Waals surface area contributed by atoms with Crippen molar-refractivity contribution in [1.29, 1.82) is 0 Å². The molecule has 1 heterocycles. The molecule has 1 unspecified atom stereocenters. The minimum atomic E-state index is -0.935. The first-order valence-corrected chi connectivity index (χ1v) is 6.24. The average Bonchev–Trinajstić information content (AvgIpc) is 2.27. The van der Waals surface area contributed by atoms with E-state index in [1.54, 1.807) is 0 Å². The van der Waals surface area contributed by atoms with Crippen LogP contribution in [0, 0.1) is 0 Å². The summed E-state index contributed by atoms with van der Waals surface area (Å²) in [5.74, 6) is 0.442. The van der Waals surface area contributed by atoms with Crippen LogP contribution < -0.4 is 5.32 Å². The molecule has 0 aromatic heterocycles. The van der Waals surface area contributed by atoms with Gasteiger partial charge in [-0.3, -0.25) is 0 Å². The Balaban J connectivity index is 1.81. The molecule has 2 aliphatic rings. The van der Waals surface area contributed by atoms with Crippen LogP contribution in [0.3, 0.4) is 0 Å². The van der Waals surface area contributed by atoms with Gasteiger partial charge in [0.2, 0.25) is 0 Å². The summed E-state index contributed by atoms with van der Waals surface area (Å²) >= 11 is 0. The molecule has 1 fully saturated rings. The monoisotopic (exact) mass is 219 g/mol. The second-order valence-corrected chi connectivity index (χ2v) is 5.25. The molecule has 1 aliphatic carbocycles. The van der Waals surface area contributed by atoms with Gasteiger partial charge in [-0.25, -0.2) is 4.39 Å². The molecule has 1 saturated heterocycles. The molecule has 3 rings (SSSR count). The van der Waals surface area contributed by atoms with Gasteiger partial charge in [-0.05, 0) is 42.7 Å². The minimum absolute atomic E-state index is 0.442. The van der Waals surface area contributed by atoms with E-state index in [-0.39, 0.29) is 0 Å². The number of hydrogen-bond donors (Lipinski definition) is 1. The summed E-state index contributed by atoms with van der Waals surface area (Å²) in [7, 11) is 0. The van der Waals surface area contributed by atoms with Gasteiger partial charge in [0.25, 0.3) is 0 Å². The standard InChI is InChI=1S/C14H18FN/c15-14(9-16-10-14)8-12-6-3-5-11-4-1-2-7-13(11)12/h1-2,4,7,12,16H,3,5-6,8-10H2. The van der Waals surface area contributed by atoms with E-state index in [4.69, 9.17) is 0 Å². The maximum Gasteiger partial charge on any atom is 0.136 e. The van der Waals surface area contributed by atoms with Crippen molar-refractivity contribution in [3.8, 4) is 0 Å². The Morgan fingerprint density at radius 3 is 2.88 bits per heavy atom. The van der Waals surface area contributed by atoms with E-state index >= 15 is 0 Å². The van der Waals surface area contributed by atoms with Gasteiger partial charge in [0.15, 0.2) is 0 Å². The third-order valence-corrected chi connectivity index (χ3v) is 3.99. The normalized spacial score (nSPS) is 26.9. The minimum Gasteiger partial charge on any atom is -0.310 e. The molecule has 0 spiro atoms. The lowest BCUT2D eigenvalue weighted by Crippen LogP contribution is -2.56. The topological polar surface area (TPSA) is 12.0 Å². The van der Waals surface area contributed by atoms with Gasteiger partial charge in [-0.1, -0.05) is 24.3 Å². The van der Waals surface area contributed by atoms with E-state index in [2.05, 4.69) is 29.6 Å². The first kappa shape index (κ1) is 10.3. The molecule has 86 valence electrons. The number of nitrogens with one attached hydrogen (secondary N) is 1. The lowest BCUT2D eigenvalue weighted by atomic mass is 9.76. The molecule has 1 atom stereocenters. The van der Waals surface area contributed by atoms with Gasteiger partial charge in [0, 0.05) is 13.1 Å². The van der Waals surface area contributed by atoms with E-state index in [1.165, 1.54) is 24.0 Å². The van der Waals surface area contributed by atoms with Crippen LogP contribution in [0.25, 0.3) is 0 Å². The molecule has 0 bridgehead atoms. The summed E-state index contributed by atoms with van der Waals surface area (Å²) < 4.78 is 14.1. The second-order valence-electron chi connectivity index (χ2n) is 5.25. The van der Waals surface area contributed by atoms with Gasteiger partial charge >= 0.3 is 0 Å². The van der Waals surface area contributed by atoms with Crippen LogP contribution in [-0.4, -0.2) is 18.8 Å². The van der Waals surface area contributed by atoms with Crippen molar-refractivity contribution in [3.63, 3.8) is 0 Å². The number of halogens is 1. The van der Waals surface area contributed by atoms with Crippen LogP contribution >= 0.6 is 0 Å². The highest BCUT2D eigenvalue weighted by Crippen LogP contribution is 2.39.